The van der Waals surface area contributed by atoms with Gasteiger partial charge in [0.15, 0.2) is 6.04 Å². The Kier molecular flexibility index (Phi) is 4.11. The smallest absolute Gasteiger partial charge is 0.331 e. The molecular formula is C14H15NO6. The summed E-state index contributed by atoms with van der Waals surface area (Å²) in [6.07, 6.45) is -0.0610. The van der Waals surface area contributed by atoms with Crippen LogP contribution in [0.4, 0.5) is 0 Å². The van der Waals surface area contributed by atoms with Gasteiger partial charge in [-0.2, -0.15) is 0 Å². The Morgan fingerprint density at radius 3 is 2.48 bits per heavy atom. The van der Waals surface area contributed by atoms with Gasteiger partial charge in [-0.25, -0.2) is 4.79 Å². The molecule has 1 fully saturated rings. The Bertz CT molecular complexity index is 567. The predicted molar refractivity (Wildman–Crippen MR) is 70.3 cm³/mol. The highest BCUT2D eigenvalue weighted by Gasteiger charge is 2.41. The zero-order chi connectivity index (χ0) is 15.6. The molecule has 2 rings (SSSR count). The summed E-state index contributed by atoms with van der Waals surface area (Å²) in [6, 6.07) is 4.39. The van der Waals surface area contributed by atoms with Gasteiger partial charge in [0.05, 0.1) is 13.0 Å². The summed E-state index contributed by atoms with van der Waals surface area (Å²) < 4.78 is 4.59. The predicted octanol–water partition coefficient (Wildman–Crippen LogP) is 0.539. The van der Waals surface area contributed by atoms with Crippen LogP contribution in [0.5, 0.6) is 5.75 Å². The van der Waals surface area contributed by atoms with Gasteiger partial charge in [0.2, 0.25) is 5.91 Å². The van der Waals surface area contributed by atoms with E-state index < -0.39 is 29.8 Å². The van der Waals surface area contributed by atoms with Crippen LogP contribution in [-0.4, -0.2) is 46.6 Å². The summed E-state index contributed by atoms with van der Waals surface area (Å²) >= 11 is 0. The van der Waals surface area contributed by atoms with Crippen LogP contribution in [0.2, 0.25) is 0 Å². The molecule has 7 nitrogen and oxygen atoms in total. The molecule has 0 spiro atoms. The summed E-state index contributed by atoms with van der Waals surface area (Å²) in [6.45, 7) is 0.00332. The summed E-state index contributed by atoms with van der Waals surface area (Å²) in [7, 11) is 1.23. The Morgan fingerprint density at radius 1 is 1.33 bits per heavy atom. The number of phenols is 1. The lowest BCUT2D eigenvalue weighted by Crippen LogP contribution is -2.35. The van der Waals surface area contributed by atoms with Gasteiger partial charge in [0.25, 0.3) is 0 Å². The summed E-state index contributed by atoms with van der Waals surface area (Å²) in [5.41, 5.74) is 0.360. The fourth-order valence-electron chi connectivity index (χ4n) is 2.42. The summed E-state index contributed by atoms with van der Waals surface area (Å²) in [5, 5.41) is 18.6. The number of carbonyl (C=O) groups is 3. The third-order valence-electron chi connectivity index (χ3n) is 3.45. The average molecular weight is 293 g/mol. The van der Waals surface area contributed by atoms with Crippen LogP contribution in [0, 0.1) is 5.92 Å². The highest BCUT2D eigenvalue weighted by Crippen LogP contribution is 2.30. The number of benzene rings is 1. The van der Waals surface area contributed by atoms with Gasteiger partial charge in [-0.05, 0) is 17.7 Å². The van der Waals surface area contributed by atoms with Crippen molar-refractivity contribution in [2.24, 2.45) is 5.92 Å². The van der Waals surface area contributed by atoms with E-state index in [1.165, 1.54) is 31.4 Å². The highest BCUT2D eigenvalue weighted by molar-refractivity contribution is 5.90. The largest absolute Gasteiger partial charge is 0.508 e. The molecule has 1 amide bonds. The zero-order valence-electron chi connectivity index (χ0n) is 11.4. The number of amides is 1. The van der Waals surface area contributed by atoms with Crippen molar-refractivity contribution in [1.29, 1.82) is 0 Å². The third kappa shape index (κ3) is 2.96. The number of hydrogen-bond donors (Lipinski definition) is 2. The molecular weight excluding hydrogens is 278 g/mol. The molecule has 0 radical (unpaired) electrons. The van der Waals surface area contributed by atoms with Crippen LogP contribution in [0.1, 0.15) is 18.0 Å². The van der Waals surface area contributed by atoms with E-state index >= 15 is 0 Å². The van der Waals surface area contributed by atoms with Crippen LogP contribution < -0.4 is 0 Å². The summed E-state index contributed by atoms with van der Waals surface area (Å²) in [5.74, 6) is -2.78. The quantitative estimate of drug-likeness (QED) is 0.785. The molecule has 1 aromatic rings. The van der Waals surface area contributed by atoms with E-state index in [0.717, 1.165) is 4.90 Å². The SMILES string of the molecule is COC(=O)C1CC(=O)N(C(C(=O)O)c2ccc(O)cc2)C1. The van der Waals surface area contributed by atoms with Crippen molar-refractivity contribution < 1.29 is 29.3 Å². The number of ether oxygens (including phenoxy) is 1. The number of likely N-dealkylation sites (tertiary alicyclic amines) is 1. The second-order valence-electron chi connectivity index (χ2n) is 4.80. The van der Waals surface area contributed by atoms with Gasteiger partial charge in [-0.1, -0.05) is 12.1 Å². The first-order chi connectivity index (χ1) is 9.93. The molecule has 7 heteroatoms. The second-order valence-corrected chi connectivity index (χ2v) is 4.80. The average Bonchev–Trinajstić information content (AvgIpc) is 2.82. The minimum absolute atomic E-state index is 0.00285. The van der Waals surface area contributed by atoms with Crippen LogP contribution >= 0.6 is 0 Å². The lowest BCUT2D eigenvalue weighted by atomic mass is 10.1. The number of carbonyl (C=O) groups excluding carboxylic acids is 2. The minimum Gasteiger partial charge on any atom is -0.508 e. The van der Waals surface area contributed by atoms with Crippen molar-refractivity contribution in [3.8, 4) is 5.75 Å². The fraction of sp³-hybridized carbons (Fsp3) is 0.357. The number of nitrogens with zero attached hydrogens (tertiary/aromatic N) is 1. The van der Waals surface area contributed by atoms with E-state index in [4.69, 9.17) is 0 Å². The molecule has 0 aliphatic carbocycles. The lowest BCUT2D eigenvalue weighted by molar-refractivity contribution is -0.149. The number of carboxylic acid groups (broad SMARTS) is 1. The van der Waals surface area contributed by atoms with Gasteiger partial charge >= 0.3 is 11.9 Å². The van der Waals surface area contributed by atoms with E-state index in [0.29, 0.717) is 5.56 Å². The number of phenolic OH excluding ortho intramolecular Hbond substituents is 1. The monoisotopic (exact) mass is 293 g/mol. The van der Waals surface area contributed by atoms with Crippen LogP contribution in [-0.2, 0) is 19.1 Å². The molecule has 2 N–H and O–H groups in total. The van der Waals surface area contributed by atoms with Gasteiger partial charge in [-0.15, -0.1) is 0 Å². The van der Waals surface area contributed by atoms with Gasteiger partial charge in [-0.3, -0.25) is 9.59 Å². The number of aromatic hydroxyl groups is 1. The molecule has 1 saturated heterocycles. The molecule has 1 aliphatic heterocycles. The Balaban J connectivity index is 2.27. The van der Waals surface area contributed by atoms with Gasteiger partial charge in [0, 0.05) is 13.0 Å². The molecule has 112 valence electrons. The molecule has 1 aliphatic rings. The van der Waals surface area contributed by atoms with E-state index in [9.17, 15) is 24.6 Å². The van der Waals surface area contributed by atoms with Crippen molar-refractivity contribution in [3.63, 3.8) is 0 Å². The topological polar surface area (TPSA) is 104 Å². The highest BCUT2D eigenvalue weighted by atomic mass is 16.5. The van der Waals surface area contributed by atoms with Gasteiger partial charge < -0.3 is 19.8 Å². The summed E-state index contributed by atoms with van der Waals surface area (Å²) in [4.78, 5) is 36.1. The first kappa shape index (κ1) is 14.8. The molecule has 2 atom stereocenters. The number of methoxy groups -OCH3 is 1. The van der Waals surface area contributed by atoms with Crippen LogP contribution in [0.15, 0.2) is 24.3 Å². The van der Waals surface area contributed by atoms with E-state index in [1.54, 1.807) is 0 Å². The van der Waals surface area contributed by atoms with Crippen LogP contribution in [0.25, 0.3) is 0 Å². The maximum Gasteiger partial charge on any atom is 0.331 e. The third-order valence-corrected chi connectivity index (χ3v) is 3.45. The molecule has 0 bridgehead atoms. The molecule has 2 unspecified atom stereocenters. The molecule has 0 aromatic heterocycles. The van der Waals surface area contributed by atoms with Crippen molar-refractivity contribution in [2.75, 3.05) is 13.7 Å². The molecule has 21 heavy (non-hydrogen) atoms. The minimum atomic E-state index is -1.19. The number of esters is 1. The Hall–Kier alpha value is -2.57. The number of hydrogen-bond acceptors (Lipinski definition) is 5. The van der Waals surface area contributed by atoms with E-state index in [2.05, 4.69) is 4.74 Å². The lowest BCUT2D eigenvalue weighted by Gasteiger charge is -2.24. The standard InChI is InChI=1S/C14H15NO6/c1-21-14(20)9-6-11(17)15(7-9)12(13(18)19)8-2-4-10(16)5-3-8/h2-5,9,12,16H,6-7H2,1H3,(H,18,19). The number of rotatable bonds is 4. The van der Waals surface area contributed by atoms with E-state index in [-0.39, 0.29) is 18.7 Å². The zero-order valence-corrected chi connectivity index (χ0v) is 11.4. The van der Waals surface area contributed by atoms with E-state index in [1.807, 2.05) is 0 Å². The molecule has 0 saturated carbocycles. The van der Waals surface area contributed by atoms with Crippen molar-refractivity contribution in [1.82, 2.24) is 4.90 Å². The second kappa shape index (κ2) is 5.82. The maximum absolute atomic E-state index is 12.0. The van der Waals surface area contributed by atoms with Crippen molar-refractivity contribution in [2.45, 2.75) is 12.5 Å². The number of aliphatic carboxylic acids is 1. The molecule has 1 aromatic carbocycles. The fourth-order valence-corrected chi connectivity index (χ4v) is 2.42. The normalized spacial score (nSPS) is 19.4. The molecule has 1 heterocycles. The Labute approximate surface area is 120 Å². The Morgan fingerprint density at radius 2 is 1.95 bits per heavy atom. The van der Waals surface area contributed by atoms with Crippen LogP contribution in [0.3, 0.4) is 0 Å². The maximum atomic E-state index is 12.0. The first-order valence-corrected chi connectivity index (χ1v) is 6.33. The van der Waals surface area contributed by atoms with Crippen molar-refractivity contribution in [3.05, 3.63) is 29.8 Å². The van der Waals surface area contributed by atoms with Gasteiger partial charge in [0.1, 0.15) is 5.75 Å². The number of carboxylic acids is 1. The first-order valence-electron chi connectivity index (χ1n) is 6.33. The van der Waals surface area contributed by atoms with Crippen molar-refractivity contribution >= 4 is 17.8 Å².